The van der Waals surface area contributed by atoms with Gasteiger partial charge in [0.05, 0.1) is 10.7 Å². The number of hydrogen-bond donors (Lipinski definition) is 2. The van der Waals surface area contributed by atoms with Crippen LogP contribution in [0.4, 0.5) is 4.79 Å². The van der Waals surface area contributed by atoms with E-state index in [1.54, 1.807) is 7.05 Å². The number of aromatic nitrogens is 1. The molecule has 2 fully saturated rings. The van der Waals surface area contributed by atoms with Gasteiger partial charge in [0.1, 0.15) is 0 Å². The van der Waals surface area contributed by atoms with Crippen LogP contribution in [0.15, 0.2) is 5.38 Å². The molecule has 3 rings (SSSR count). The first-order valence-electron chi connectivity index (χ1n) is 7.90. The topological polar surface area (TPSA) is 57.3 Å². The van der Waals surface area contributed by atoms with E-state index < -0.39 is 0 Å². The maximum atomic E-state index is 11.4. The van der Waals surface area contributed by atoms with Gasteiger partial charge in [-0.2, -0.15) is 0 Å². The van der Waals surface area contributed by atoms with Crippen LogP contribution >= 0.6 is 11.3 Å². The highest BCUT2D eigenvalue weighted by molar-refractivity contribution is 7.09. The van der Waals surface area contributed by atoms with E-state index in [2.05, 4.69) is 20.9 Å². The van der Waals surface area contributed by atoms with E-state index in [-0.39, 0.29) is 6.03 Å². The number of urea groups is 1. The van der Waals surface area contributed by atoms with E-state index >= 15 is 0 Å². The molecule has 1 saturated carbocycles. The maximum absolute atomic E-state index is 11.4. The van der Waals surface area contributed by atoms with Gasteiger partial charge in [-0.1, -0.05) is 6.42 Å². The van der Waals surface area contributed by atoms with Gasteiger partial charge in [-0.05, 0) is 32.2 Å². The van der Waals surface area contributed by atoms with Crippen LogP contribution in [0.3, 0.4) is 0 Å². The lowest BCUT2D eigenvalue weighted by molar-refractivity contribution is 0.137. The molecule has 0 bridgehead atoms. The molecular formula is C15H24N4OS. The summed E-state index contributed by atoms with van der Waals surface area (Å²) in [5.41, 5.74) is 1.20. The fourth-order valence-electron chi connectivity index (χ4n) is 2.92. The van der Waals surface area contributed by atoms with Crippen LogP contribution in [0, 0.1) is 0 Å². The van der Waals surface area contributed by atoms with Gasteiger partial charge < -0.3 is 10.6 Å². The Morgan fingerprint density at radius 3 is 3.05 bits per heavy atom. The largest absolute Gasteiger partial charge is 0.341 e. The van der Waals surface area contributed by atoms with Crippen LogP contribution in [-0.4, -0.2) is 42.1 Å². The summed E-state index contributed by atoms with van der Waals surface area (Å²) in [5.74, 6) is 0.746. The average molecular weight is 308 g/mol. The van der Waals surface area contributed by atoms with Crippen molar-refractivity contribution < 1.29 is 4.79 Å². The molecule has 1 unspecified atom stereocenters. The molecule has 1 aromatic rings. The number of piperidine rings is 1. The second kappa shape index (κ2) is 6.75. The van der Waals surface area contributed by atoms with Gasteiger partial charge in [0, 0.05) is 37.5 Å². The molecule has 1 aromatic heterocycles. The van der Waals surface area contributed by atoms with Gasteiger partial charge in [-0.15, -0.1) is 11.3 Å². The normalized spacial score (nSPS) is 23.0. The number of carbonyl (C=O) groups excluding carboxylic acids is 1. The van der Waals surface area contributed by atoms with Crippen molar-refractivity contribution in [3.05, 3.63) is 16.1 Å². The molecule has 2 heterocycles. The SMILES string of the molecule is CNC(=O)NCC1CCCCN1Cc1csc(C2CC2)n1. The first-order chi connectivity index (χ1) is 10.3. The Labute approximate surface area is 130 Å². The third kappa shape index (κ3) is 3.95. The molecule has 2 N–H and O–H groups in total. The van der Waals surface area contributed by atoms with Crippen molar-refractivity contribution in [2.24, 2.45) is 0 Å². The first-order valence-corrected chi connectivity index (χ1v) is 8.78. The van der Waals surface area contributed by atoms with Crippen molar-refractivity contribution in [1.82, 2.24) is 20.5 Å². The summed E-state index contributed by atoms with van der Waals surface area (Å²) in [6.45, 7) is 2.75. The highest BCUT2D eigenvalue weighted by Crippen LogP contribution is 2.41. The van der Waals surface area contributed by atoms with Crippen LogP contribution in [-0.2, 0) is 6.54 Å². The molecule has 21 heavy (non-hydrogen) atoms. The molecule has 6 heteroatoms. The fourth-order valence-corrected chi connectivity index (χ4v) is 3.90. The monoisotopic (exact) mass is 308 g/mol. The Morgan fingerprint density at radius 2 is 2.29 bits per heavy atom. The second-order valence-corrected chi connectivity index (χ2v) is 6.92. The number of rotatable bonds is 5. The Balaban J connectivity index is 1.56. The molecular weight excluding hydrogens is 284 g/mol. The Bertz CT molecular complexity index is 486. The summed E-state index contributed by atoms with van der Waals surface area (Å²) < 4.78 is 0. The first kappa shape index (κ1) is 14.8. The van der Waals surface area contributed by atoms with E-state index in [4.69, 9.17) is 4.98 Å². The summed E-state index contributed by atoms with van der Waals surface area (Å²) in [6.07, 6.45) is 6.28. The van der Waals surface area contributed by atoms with Crippen LogP contribution in [0.1, 0.15) is 48.7 Å². The number of nitrogens with one attached hydrogen (secondary N) is 2. The number of carbonyl (C=O) groups is 1. The van der Waals surface area contributed by atoms with Crippen molar-refractivity contribution >= 4 is 17.4 Å². The summed E-state index contributed by atoms with van der Waals surface area (Å²) in [7, 11) is 1.66. The fraction of sp³-hybridized carbons (Fsp3) is 0.733. The van der Waals surface area contributed by atoms with Crippen molar-refractivity contribution in [3.63, 3.8) is 0 Å². The zero-order valence-electron chi connectivity index (χ0n) is 12.6. The van der Waals surface area contributed by atoms with Crippen LogP contribution < -0.4 is 10.6 Å². The molecule has 116 valence electrons. The predicted molar refractivity (Wildman–Crippen MR) is 84.6 cm³/mol. The molecule has 1 aliphatic heterocycles. The zero-order chi connectivity index (χ0) is 14.7. The number of nitrogens with zero attached hydrogens (tertiary/aromatic N) is 2. The minimum absolute atomic E-state index is 0.0924. The van der Waals surface area contributed by atoms with Crippen molar-refractivity contribution in [1.29, 1.82) is 0 Å². The molecule has 0 spiro atoms. The molecule has 1 atom stereocenters. The lowest BCUT2D eigenvalue weighted by atomic mass is 10.0. The van der Waals surface area contributed by atoms with Crippen molar-refractivity contribution in [2.75, 3.05) is 20.1 Å². The van der Waals surface area contributed by atoms with Gasteiger partial charge >= 0.3 is 6.03 Å². The minimum Gasteiger partial charge on any atom is -0.341 e. The molecule has 1 saturated heterocycles. The van der Waals surface area contributed by atoms with Crippen LogP contribution in [0.2, 0.25) is 0 Å². The standard InChI is InChI=1S/C15H24N4OS/c1-16-15(20)17-8-13-4-2-3-7-19(13)9-12-10-21-14(18-12)11-5-6-11/h10-11,13H,2-9H2,1H3,(H2,16,17,20). The third-order valence-corrected chi connectivity index (χ3v) is 5.39. The molecule has 1 aliphatic carbocycles. The van der Waals surface area contributed by atoms with Crippen molar-refractivity contribution in [3.8, 4) is 0 Å². The van der Waals surface area contributed by atoms with E-state index in [0.717, 1.165) is 32.0 Å². The molecule has 5 nitrogen and oxygen atoms in total. The Morgan fingerprint density at radius 1 is 1.43 bits per heavy atom. The van der Waals surface area contributed by atoms with Gasteiger partial charge in [-0.3, -0.25) is 4.90 Å². The van der Waals surface area contributed by atoms with Crippen molar-refractivity contribution in [2.45, 2.75) is 50.6 Å². The van der Waals surface area contributed by atoms with E-state index in [9.17, 15) is 4.79 Å². The predicted octanol–water partition coefficient (Wildman–Crippen LogP) is 2.30. The molecule has 0 aromatic carbocycles. The van der Waals surface area contributed by atoms with Gasteiger partial charge in [0.15, 0.2) is 0 Å². The summed E-state index contributed by atoms with van der Waals surface area (Å²) in [6, 6.07) is 0.340. The van der Waals surface area contributed by atoms with E-state index in [1.807, 2.05) is 11.3 Å². The lowest BCUT2D eigenvalue weighted by Gasteiger charge is -2.35. The van der Waals surface area contributed by atoms with Gasteiger partial charge in [-0.25, -0.2) is 9.78 Å². The molecule has 2 amide bonds. The van der Waals surface area contributed by atoms with Gasteiger partial charge in [0.2, 0.25) is 0 Å². The number of hydrogen-bond acceptors (Lipinski definition) is 4. The molecule has 0 radical (unpaired) electrons. The average Bonchev–Trinajstić information content (AvgIpc) is 3.26. The lowest BCUT2D eigenvalue weighted by Crippen LogP contribution is -2.47. The zero-order valence-corrected chi connectivity index (χ0v) is 13.4. The number of amides is 2. The van der Waals surface area contributed by atoms with E-state index in [0.29, 0.717) is 6.04 Å². The maximum Gasteiger partial charge on any atom is 0.314 e. The Hall–Kier alpha value is -1.14. The van der Waals surface area contributed by atoms with Crippen LogP contribution in [0.5, 0.6) is 0 Å². The Kier molecular flexibility index (Phi) is 4.75. The third-order valence-electron chi connectivity index (χ3n) is 4.34. The summed E-state index contributed by atoms with van der Waals surface area (Å²) >= 11 is 1.81. The quantitative estimate of drug-likeness (QED) is 0.877. The number of likely N-dealkylation sites (tertiary alicyclic amines) is 1. The second-order valence-electron chi connectivity index (χ2n) is 6.03. The highest BCUT2D eigenvalue weighted by Gasteiger charge is 2.28. The summed E-state index contributed by atoms with van der Waals surface area (Å²) in [5, 5.41) is 9.09. The molecule has 2 aliphatic rings. The van der Waals surface area contributed by atoms with Gasteiger partial charge in [0.25, 0.3) is 0 Å². The van der Waals surface area contributed by atoms with Crippen LogP contribution in [0.25, 0.3) is 0 Å². The minimum atomic E-state index is -0.0924. The van der Waals surface area contributed by atoms with E-state index in [1.165, 1.54) is 36.4 Å². The number of thiazole rings is 1. The summed E-state index contributed by atoms with van der Waals surface area (Å²) in [4.78, 5) is 18.6. The highest BCUT2D eigenvalue weighted by atomic mass is 32.1. The smallest absolute Gasteiger partial charge is 0.314 e.